The van der Waals surface area contributed by atoms with E-state index in [2.05, 4.69) is 49.5 Å². The van der Waals surface area contributed by atoms with Gasteiger partial charge in [-0.05, 0) is 57.3 Å². The summed E-state index contributed by atoms with van der Waals surface area (Å²) in [5.74, 6) is 0. The van der Waals surface area contributed by atoms with Crippen molar-refractivity contribution in [1.82, 2.24) is 14.9 Å². The van der Waals surface area contributed by atoms with Crippen LogP contribution in [0.3, 0.4) is 0 Å². The molecule has 2 rings (SSSR count). The lowest BCUT2D eigenvalue weighted by Gasteiger charge is -2.28. The van der Waals surface area contributed by atoms with Gasteiger partial charge >= 0.3 is 0 Å². The lowest BCUT2D eigenvalue weighted by atomic mass is 10.2. The molecule has 0 fully saturated rings. The Morgan fingerprint density at radius 2 is 1.75 bits per heavy atom. The maximum absolute atomic E-state index is 5.77. The molecule has 0 aliphatic heterocycles. The second-order valence-electron chi connectivity index (χ2n) is 4.94. The van der Waals surface area contributed by atoms with E-state index in [4.69, 9.17) is 23.2 Å². The molecule has 0 N–H and O–H groups in total. The lowest BCUT2D eigenvalue weighted by Crippen LogP contribution is -2.36. The highest BCUT2D eigenvalue weighted by Crippen LogP contribution is 2.25. The van der Waals surface area contributed by atoms with Crippen molar-refractivity contribution in [3.63, 3.8) is 0 Å². The Morgan fingerprint density at radius 1 is 1.15 bits per heavy atom. The molecule has 0 spiro atoms. The first-order chi connectivity index (χ1) is 9.36. The first kappa shape index (κ1) is 17.6. The molecule has 0 amide bonds. The number of fused-ring (bicyclic) bond motifs is 1. The fourth-order valence-electron chi connectivity index (χ4n) is 2.12. The molecule has 0 bridgehead atoms. The van der Waals surface area contributed by atoms with Crippen molar-refractivity contribution in [3.8, 4) is 0 Å². The number of halogens is 2. The molecule has 2 aromatic rings. The summed E-state index contributed by atoms with van der Waals surface area (Å²) in [4.78, 5) is 11.1. The second-order valence-corrected chi connectivity index (χ2v) is 6.53. The molecule has 2 heterocycles. The van der Waals surface area contributed by atoms with E-state index >= 15 is 0 Å². The van der Waals surface area contributed by atoms with E-state index in [0.29, 0.717) is 17.2 Å². The molecule has 0 atom stereocenters. The lowest BCUT2D eigenvalue weighted by molar-refractivity contribution is 0.185. The molecule has 0 aromatic carbocycles. The summed E-state index contributed by atoms with van der Waals surface area (Å²) >= 11 is 12.9. The number of thiophene rings is 1. The van der Waals surface area contributed by atoms with E-state index in [9.17, 15) is 0 Å². The van der Waals surface area contributed by atoms with Crippen molar-refractivity contribution in [3.05, 3.63) is 21.9 Å². The summed E-state index contributed by atoms with van der Waals surface area (Å²) in [5, 5.41) is 3.38. The molecule has 0 saturated heterocycles. The van der Waals surface area contributed by atoms with Gasteiger partial charge in [0.2, 0.25) is 5.28 Å². The molecular formula is C14H21Cl2N3S. The fourth-order valence-corrected chi connectivity index (χ4v) is 3.44. The highest BCUT2D eigenvalue weighted by Gasteiger charge is 2.09. The van der Waals surface area contributed by atoms with E-state index in [1.807, 2.05) is 11.4 Å². The molecule has 0 radical (unpaired) electrons. The minimum absolute atomic E-state index is 0.199. The molecular weight excluding hydrogens is 313 g/mol. The van der Waals surface area contributed by atoms with Gasteiger partial charge < -0.3 is 0 Å². The molecule has 20 heavy (non-hydrogen) atoms. The van der Waals surface area contributed by atoms with Crippen LogP contribution in [0.1, 0.15) is 34.6 Å². The Balaban J connectivity index is 0.000000206. The van der Waals surface area contributed by atoms with E-state index in [1.54, 1.807) is 0 Å². The second kappa shape index (κ2) is 8.13. The first-order valence-corrected chi connectivity index (χ1v) is 8.32. The maximum Gasteiger partial charge on any atom is 0.225 e. The van der Waals surface area contributed by atoms with Gasteiger partial charge in [0.05, 0.1) is 0 Å². The van der Waals surface area contributed by atoms with Gasteiger partial charge in [0, 0.05) is 17.5 Å². The molecule has 0 aliphatic carbocycles. The number of hydrogen-bond acceptors (Lipinski definition) is 4. The Bertz CT molecular complexity index is 532. The predicted molar refractivity (Wildman–Crippen MR) is 90.1 cm³/mol. The monoisotopic (exact) mass is 333 g/mol. The van der Waals surface area contributed by atoms with Gasteiger partial charge in [-0.3, -0.25) is 4.90 Å². The quantitative estimate of drug-likeness (QED) is 0.576. The Labute approximate surface area is 134 Å². The van der Waals surface area contributed by atoms with Gasteiger partial charge in [-0.15, -0.1) is 11.3 Å². The van der Waals surface area contributed by atoms with E-state index in [1.165, 1.54) is 11.3 Å². The summed E-state index contributed by atoms with van der Waals surface area (Å²) in [7, 11) is 0. The molecule has 0 saturated carbocycles. The van der Waals surface area contributed by atoms with Crippen LogP contribution in [-0.4, -0.2) is 33.5 Å². The largest absolute Gasteiger partial charge is 0.299 e. The van der Waals surface area contributed by atoms with Gasteiger partial charge in [0.1, 0.15) is 9.98 Å². The van der Waals surface area contributed by atoms with Crippen molar-refractivity contribution in [2.45, 2.75) is 46.7 Å². The van der Waals surface area contributed by atoms with Crippen LogP contribution in [-0.2, 0) is 0 Å². The molecule has 2 aromatic heterocycles. The summed E-state index contributed by atoms with van der Waals surface area (Å²) in [6.07, 6.45) is 0. The third kappa shape index (κ3) is 4.85. The average molecular weight is 334 g/mol. The van der Waals surface area contributed by atoms with Crippen molar-refractivity contribution in [2.75, 3.05) is 6.54 Å². The number of hydrogen-bond donors (Lipinski definition) is 0. The van der Waals surface area contributed by atoms with E-state index < -0.39 is 0 Å². The summed E-state index contributed by atoms with van der Waals surface area (Å²) in [6, 6.07) is 3.25. The van der Waals surface area contributed by atoms with Gasteiger partial charge in [0.15, 0.2) is 0 Å². The van der Waals surface area contributed by atoms with Gasteiger partial charge in [-0.1, -0.05) is 18.5 Å². The predicted octanol–water partition coefficient (Wildman–Crippen LogP) is 5.12. The topological polar surface area (TPSA) is 29.0 Å². The van der Waals surface area contributed by atoms with Gasteiger partial charge in [0.25, 0.3) is 0 Å². The Kier molecular flexibility index (Phi) is 7.17. The minimum atomic E-state index is 0.199. The Morgan fingerprint density at radius 3 is 2.20 bits per heavy atom. The summed E-state index contributed by atoms with van der Waals surface area (Å²) in [5.41, 5.74) is 0. The first-order valence-electron chi connectivity index (χ1n) is 6.68. The SMILES string of the molecule is CCN(C(C)C)C(C)C.Clc1nc(Cl)c2ccsc2n1. The van der Waals surface area contributed by atoms with Crippen LogP contribution < -0.4 is 0 Å². The molecule has 6 heteroatoms. The highest BCUT2D eigenvalue weighted by molar-refractivity contribution is 7.16. The van der Waals surface area contributed by atoms with Crippen LogP contribution in [0.4, 0.5) is 0 Å². The maximum atomic E-state index is 5.77. The van der Waals surface area contributed by atoms with E-state index in [0.717, 1.165) is 16.8 Å². The summed E-state index contributed by atoms with van der Waals surface area (Å²) < 4.78 is 0. The van der Waals surface area contributed by atoms with E-state index in [-0.39, 0.29) is 5.28 Å². The normalized spacial score (nSPS) is 11.3. The zero-order chi connectivity index (χ0) is 15.3. The molecule has 3 nitrogen and oxygen atoms in total. The Hall–Kier alpha value is -0.420. The highest BCUT2D eigenvalue weighted by atomic mass is 35.5. The standard InChI is InChI=1S/C8H19N.C6H2Cl2N2S/c1-6-9(7(2)3)8(4)5;7-4-3-1-2-11-5(3)10-6(8)9-4/h7-8H,6H2,1-5H3;1-2H. The number of rotatable bonds is 3. The van der Waals surface area contributed by atoms with Crippen molar-refractivity contribution in [1.29, 1.82) is 0 Å². The van der Waals surface area contributed by atoms with Crippen LogP contribution in [0.5, 0.6) is 0 Å². The van der Waals surface area contributed by atoms with Crippen LogP contribution in [0.25, 0.3) is 10.2 Å². The average Bonchev–Trinajstić information content (AvgIpc) is 2.77. The third-order valence-corrected chi connectivity index (χ3v) is 4.21. The fraction of sp³-hybridized carbons (Fsp3) is 0.571. The van der Waals surface area contributed by atoms with Crippen LogP contribution in [0.15, 0.2) is 11.4 Å². The third-order valence-electron chi connectivity index (χ3n) is 2.94. The molecule has 0 aliphatic rings. The minimum Gasteiger partial charge on any atom is -0.299 e. The number of aromatic nitrogens is 2. The van der Waals surface area contributed by atoms with Crippen molar-refractivity contribution < 1.29 is 0 Å². The van der Waals surface area contributed by atoms with Crippen LogP contribution in [0, 0.1) is 0 Å². The molecule has 112 valence electrons. The van der Waals surface area contributed by atoms with Gasteiger partial charge in [-0.2, -0.15) is 0 Å². The zero-order valence-corrected chi connectivity index (χ0v) is 14.9. The molecule has 0 unspecified atom stereocenters. The van der Waals surface area contributed by atoms with Crippen molar-refractivity contribution in [2.24, 2.45) is 0 Å². The van der Waals surface area contributed by atoms with Crippen LogP contribution >= 0.6 is 34.5 Å². The van der Waals surface area contributed by atoms with Crippen molar-refractivity contribution >= 4 is 44.8 Å². The number of nitrogens with zero attached hydrogens (tertiary/aromatic N) is 3. The van der Waals surface area contributed by atoms with Gasteiger partial charge in [-0.25, -0.2) is 9.97 Å². The van der Waals surface area contributed by atoms with Crippen LogP contribution in [0.2, 0.25) is 10.4 Å². The summed E-state index contributed by atoms with van der Waals surface area (Å²) in [6.45, 7) is 12.3. The zero-order valence-electron chi connectivity index (χ0n) is 12.5. The smallest absolute Gasteiger partial charge is 0.225 e.